The van der Waals surface area contributed by atoms with E-state index in [0.29, 0.717) is 5.92 Å². The summed E-state index contributed by atoms with van der Waals surface area (Å²) in [4.78, 5) is 0. The van der Waals surface area contributed by atoms with Crippen LogP contribution in [0.15, 0.2) is 24.8 Å². The first-order chi connectivity index (χ1) is 13.8. The third-order valence-electron chi connectivity index (χ3n) is 5.49. The van der Waals surface area contributed by atoms with E-state index in [1.54, 1.807) is 0 Å². The molecule has 0 aromatic heterocycles. The van der Waals surface area contributed by atoms with Gasteiger partial charge in [0.15, 0.2) is 0 Å². The van der Waals surface area contributed by atoms with Gasteiger partial charge < -0.3 is 15.5 Å². The minimum absolute atomic E-state index is 0.255. The van der Waals surface area contributed by atoms with Gasteiger partial charge in [0.25, 0.3) is 0 Å². The zero-order valence-corrected chi connectivity index (χ0v) is 18.6. The lowest BCUT2D eigenvalue weighted by Gasteiger charge is -2.13. The second-order valence-electron chi connectivity index (χ2n) is 8.11. The largest absolute Gasteiger partial charge is 0.396 e. The van der Waals surface area contributed by atoms with Gasteiger partial charge in [-0.25, -0.2) is 0 Å². The van der Waals surface area contributed by atoms with E-state index in [1.807, 2.05) is 6.08 Å². The Bertz CT molecular complexity index is 325. The fourth-order valence-electron chi connectivity index (χ4n) is 3.68. The van der Waals surface area contributed by atoms with Crippen molar-refractivity contribution in [3.63, 3.8) is 0 Å². The molecule has 28 heavy (non-hydrogen) atoms. The Labute approximate surface area is 175 Å². The summed E-state index contributed by atoms with van der Waals surface area (Å²) in [5.41, 5.74) is 0. The van der Waals surface area contributed by atoms with Crippen LogP contribution in [-0.2, 0) is 0 Å². The monoisotopic (exact) mass is 395 g/mol. The lowest BCUT2D eigenvalue weighted by atomic mass is 9.95. The van der Waals surface area contributed by atoms with Crippen molar-refractivity contribution in [2.45, 2.75) is 103 Å². The lowest BCUT2D eigenvalue weighted by Crippen LogP contribution is -2.14. The van der Waals surface area contributed by atoms with Gasteiger partial charge in [0.05, 0.1) is 0 Å². The molecule has 0 spiro atoms. The second-order valence-corrected chi connectivity index (χ2v) is 8.11. The van der Waals surface area contributed by atoms with Crippen molar-refractivity contribution in [2.75, 3.05) is 26.3 Å². The van der Waals surface area contributed by atoms with Crippen LogP contribution in [0.3, 0.4) is 0 Å². The van der Waals surface area contributed by atoms with Gasteiger partial charge in [-0.15, -0.1) is 6.58 Å². The number of aliphatic hydroxyl groups is 2. The van der Waals surface area contributed by atoms with Gasteiger partial charge in [-0.05, 0) is 57.4 Å². The van der Waals surface area contributed by atoms with Crippen molar-refractivity contribution in [1.29, 1.82) is 0 Å². The Kier molecular flexibility index (Phi) is 23.8. The van der Waals surface area contributed by atoms with Gasteiger partial charge in [-0.1, -0.05) is 76.0 Å². The van der Waals surface area contributed by atoms with Gasteiger partial charge in [-0.3, -0.25) is 0 Å². The molecule has 0 aromatic rings. The smallest absolute Gasteiger partial charge is 0.0433 e. The summed E-state index contributed by atoms with van der Waals surface area (Å²) in [6, 6.07) is 0. The van der Waals surface area contributed by atoms with Crippen LogP contribution < -0.4 is 5.32 Å². The third kappa shape index (κ3) is 21.7. The zero-order chi connectivity index (χ0) is 20.5. The van der Waals surface area contributed by atoms with Gasteiger partial charge in [0, 0.05) is 19.8 Å². The number of hydrogen-bond acceptors (Lipinski definition) is 3. The van der Waals surface area contributed by atoms with E-state index in [2.05, 4.69) is 24.0 Å². The van der Waals surface area contributed by atoms with Crippen LogP contribution in [-0.4, -0.2) is 36.5 Å². The molecule has 0 aliphatic carbocycles. The van der Waals surface area contributed by atoms with E-state index >= 15 is 0 Å². The SMILES string of the molecule is C=CCNCCCCCCCCC=CCCCCCCCC(CCO)CCO. The van der Waals surface area contributed by atoms with Crippen LogP contribution in [0.4, 0.5) is 0 Å². The summed E-state index contributed by atoms with van der Waals surface area (Å²) in [5, 5.41) is 21.4. The number of hydrogen-bond donors (Lipinski definition) is 3. The highest BCUT2D eigenvalue weighted by molar-refractivity contribution is 4.81. The fraction of sp³-hybridized carbons (Fsp3) is 0.840. The molecule has 3 heteroatoms. The summed E-state index contributed by atoms with van der Waals surface area (Å²) in [7, 11) is 0. The van der Waals surface area contributed by atoms with Crippen molar-refractivity contribution in [3.8, 4) is 0 Å². The molecule has 166 valence electrons. The van der Waals surface area contributed by atoms with Crippen molar-refractivity contribution < 1.29 is 10.2 Å². The number of unbranched alkanes of at least 4 members (excludes halogenated alkanes) is 11. The normalized spacial score (nSPS) is 11.7. The molecule has 3 nitrogen and oxygen atoms in total. The van der Waals surface area contributed by atoms with Crippen molar-refractivity contribution in [2.24, 2.45) is 5.92 Å². The van der Waals surface area contributed by atoms with E-state index in [4.69, 9.17) is 10.2 Å². The van der Waals surface area contributed by atoms with Gasteiger partial charge in [0.2, 0.25) is 0 Å². The number of nitrogens with one attached hydrogen (secondary N) is 1. The Balaban J connectivity index is 3.22. The van der Waals surface area contributed by atoms with Crippen LogP contribution >= 0.6 is 0 Å². The average Bonchev–Trinajstić information content (AvgIpc) is 2.70. The van der Waals surface area contributed by atoms with Gasteiger partial charge in [0.1, 0.15) is 0 Å². The van der Waals surface area contributed by atoms with Crippen LogP contribution in [0.2, 0.25) is 0 Å². The van der Waals surface area contributed by atoms with Crippen LogP contribution in [0.1, 0.15) is 103 Å². The molecule has 0 atom stereocenters. The first kappa shape index (κ1) is 27.4. The van der Waals surface area contributed by atoms with E-state index in [9.17, 15) is 0 Å². The molecule has 0 aromatic carbocycles. The molecule has 0 heterocycles. The maximum Gasteiger partial charge on any atom is 0.0433 e. The molecule has 0 aliphatic rings. The first-order valence-electron chi connectivity index (χ1n) is 12.0. The molecule has 0 fully saturated rings. The molecule has 0 saturated carbocycles. The number of allylic oxidation sites excluding steroid dienone is 2. The van der Waals surface area contributed by atoms with E-state index in [1.165, 1.54) is 83.5 Å². The molecule has 0 unspecified atom stereocenters. The van der Waals surface area contributed by atoms with Gasteiger partial charge in [-0.2, -0.15) is 0 Å². The molecule has 0 bridgehead atoms. The summed E-state index contributed by atoms with van der Waals surface area (Å²) < 4.78 is 0. The highest BCUT2D eigenvalue weighted by Crippen LogP contribution is 2.18. The van der Waals surface area contributed by atoms with Crippen molar-refractivity contribution in [3.05, 3.63) is 24.8 Å². The zero-order valence-electron chi connectivity index (χ0n) is 18.6. The van der Waals surface area contributed by atoms with E-state index in [-0.39, 0.29) is 13.2 Å². The highest BCUT2D eigenvalue weighted by atomic mass is 16.3. The Hall–Kier alpha value is -0.640. The minimum Gasteiger partial charge on any atom is -0.396 e. The molecule has 3 N–H and O–H groups in total. The molecule has 0 aliphatic heterocycles. The predicted molar refractivity (Wildman–Crippen MR) is 124 cm³/mol. The van der Waals surface area contributed by atoms with Crippen LogP contribution in [0.25, 0.3) is 0 Å². The lowest BCUT2D eigenvalue weighted by molar-refractivity contribution is 0.207. The summed E-state index contributed by atoms with van der Waals surface area (Å²) in [5.74, 6) is 0.511. The first-order valence-corrected chi connectivity index (χ1v) is 12.0. The molecule has 0 saturated heterocycles. The minimum atomic E-state index is 0.255. The topological polar surface area (TPSA) is 52.5 Å². The van der Waals surface area contributed by atoms with E-state index in [0.717, 1.165) is 32.4 Å². The molecular formula is C25H49NO2. The third-order valence-corrected chi connectivity index (χ3v) is 5.49. The van der Waals surface area contributed by atoms with Crippen molar-refractivity contribution >= 4 is 0 Å². The summed E-state index contributed by atoms with van der Waals surface area (Å²) in [6.45, 7) is 6.28. The van der Waals surface area contributed by atoms with Crippen molar-refractivity contribution in [1.82, 2.24) is 5.32 Å². The standard InChI is InChI=1S/C25H49NO2/c1-2-21-26-22-17-15-13-11-9-7-5-3-4-6-8-10-12-14-16-18-25(19-23-27)20-24-28/h2-4,25-28H,1,5-24H2. The molecule has 0 radical (unpaired) electrons. The summed E-state index contributed by atoms with van der Waals surface area (Å²) >= 11 is 0. The summed E-state index contributed by atoms with van der Waals surface area (Å²) in [6.07, 6.45) is 26.6. The van der Waals surface area contributed by atoms with Gasteiger partial charge >= 0.3 is 0 Å². The Morgan fingerprint density at radius 3 is 1.68 bits per heavy atom. The quantitative estimate of drug-likeness (QED) is 0.143. The molecular weight excluding hydrogens is 346 g/mol. The Morgan fingerprint density at radius 1 is 0.643 bits per heavy atom. The average molecular weight is 396 g/mol. The highest BCUT2D eigenvalue weighted by Gasteiger charge is 2.06. The number of rotatable bonds is 23. The van der Waals surface area contributed by atoms with E-state index < -0.39 is 0 Å². The van der Waals surface area contributed by atoms with Crippen LogP contribution in [0, 0.1) is 5.92 Å². The molecule has 0 rings (SSSR count). The maximum atomic E-state index is 9.03. The van der Waals surface area contributed by atoms with Crippen LogP contribution in [0.5, 0.6) is 0 Å². The second kappa shape index (κ2) is 24.4. The Morgan fingerprint density at radius 2 is 1.14 bits per heavy atom. The fourth-order valence-corrected chi connectivity index (χ4v) is 3.68. The molecule has 0 amide bonds. The predicted octanol–water partition coefficient (Wildman–Crippen LogP) is 6.16. The number of aliphatic hydroxyl groups excluding tert-OH is 2. The maximum absolute atomic E-state index is 9.03.